The van der Waals surface area contributed by atoms with Gasteiger partial charge in [-0.15, -0.1) is 13.2 Å². The number of H-pyrrole nitrogens is 1. The molecule has 0 saturated carbocycles. The molecule has 228 valence electrons. The number of hydrogen-bond donors (Lipinski definition) is 2. The molecule has 1 fully saturated rings. The quantitative estimate of drug-likeness (QED) is 0.296. The Morgan fingerprint density at radius 1 is 1.12 bits per heavy atom. The van der Waals surface area contributed by atoms with Crippen LogP contribution in [0.25, 0.3) is 28.6 Å². The number of likely N-dealkylation sites (tertiary alicyclic amines) is 1. The van der Waals surface area contributed by atoms with Crippen molar-refractivity contribution in [2.45, 2.75) is 84.2 Å². The molecule has 0 amide bonds. The Morgan fingerprint density at radius 2 is 1.93 bits per heavy atom. The van der Waals surface area contributed by atoms with E-state index in [1.165, 1.54) is 44.1 Å². The molecule has 0 aromatic carbocycles. The lowest BCUT2D eigenvalue weighted by Gasteiger charge is -2.55. The molecule has 4 unspecified atom stereocenters. The van der Waals surface area contributed by atoms with Crippen LogP contribution in [0.3, 0.4) is 0 Å². The minimum Gasteiger partial charge on any atom is -0.385 e. The smallest absolute Gasteiger partial charge is 0.0903 e. The van der Waals surface area contributed by atoms with Gasteiger partial charge in [-0.3, -0.25) is 4.98 Å². The van der Waals surface area contributed by atoms with E-state index in [9.17, 15) is 5.11 Å². The summed E-state index contributed by atoms with van der Waals surface area (Å²) in [6.07, 6.45) is 23.1. The summed E-state index contributed by atoms with van der Waals surface area (Å²) in [5, 5.41) is 14.0. The van der Waals surface area contributed by atoms with Crippen molar-refractivity contribution < 1.29 is 5.11 Å². The van der Waals surface area contributed by atoms with E-state index in [0.717, 1.165) is 66.8 Å². The first-order valence-corrected chi connectivity index (χ1v) is 16.6. The zero-order chi connectivity index (χ0) is 30.3. The predicted molar refractivity (Wildman–Crippen MR) is 182 cm³/mol. The lowest BCUT2D eigenvalue weighted by atomic mass is 9.55. The first-order valence-electron chi connectivity index (χ1n) is 16.6. The van der Waals surface area contributed by atoms with Gasteiger partial charge < -0.3 is 15.0 Å². The van der Waals surface area contributed by atoms with Gasteiger partial charge in [0.25, 0.3) is 0 Å². The number of fused-ring (bicyclic) bond motifs is 2. The van der Waals surface area contributed by atoms with Crippen LogP contribution in [0.15, 0.2) is 56.8 Å². The van der Waals surface area contributed by atoms with E-state index < -0.39 is 5.60 Å². The van der Waals surface area contributed by atoms with E-state index in [4.69, 9.17) is 4.98 Å². The molecule has 3 heterocycles. The third-order valence-electron chi connectivity index (χ3n) is 10.3. The monoisotopic (exact) mass is 569 g/mol. The highest BCUT2D eigenvalue weighted by atomic mass is 16.3. The molecular weight excluding hydrogens is 514 g/mol. The number of aromatic nitrogens is 2. The first kappa shape index (κ1) is 32.2. The highest BCUT2D eigenvalue weighted by Crippen LogP contribution is 2.54. The van der Waals surface area contributed by atoms with Crippen LogP contribution in [-0.2, 0) is 0 Å². The van der Waals surface area contributed by atoms with Gasteiger partial charge in [-0.1, -0.05) is 71.4 Å². The van der Waals surface area contributed by atoms with Crippen molar-refractivity contribution >= 4 is 28.6 Å². The number of unbranched alkanes of at least 4 members (excludes halogenated alkanes) is 1. The molecule has 6 atom stereocenters. The fourth-order valence-electron chi connectivity index (χ4n) is 8.43. The van der Waals surface area contributed by atoms with E-state index >= 15 is 0 Å². The minimum atomic E-state index is -0.843. The number of nitrogens with zero attached hydrogens (tertiary/aromatic N) is 2. The summed E-state index contributed by atoms with van der Waals surface area (Å²) >= 11 is 0. The number of aliphatic hydroxyl groups is 1. The van der Waals surface area contributed by atoms with Crippen molar-refractivity contribution in [1.82, 2.24) is 14.9 Å². The second-order valence-corrected chi connectivity index (χ2v) is 12.8. The molecular formula is C38H55N3O. The fraction of sp³-hybridized carbons (Fsp3) is 0.553. The molecule has 1 aliphatic heterocycles. The van der Waals surface area contributed by atoms with Gasteiger partial charge >= 0.3 is 0 Å². The largest absolute Gasteiger partial charge is 0.385 e. The van der Waals surface area contributed by atoms with Crippen molar-refractivity contribution in [1.29, 1.82) is 0 Å². The lowest BCUT2D eigenvalue weighted by molar-refractivity contribution is -0.0806. The van der Waals surface area contributed by atoms with E-state index in [1.807, 2.05) is 18.3 Å². The SMILES string of the molecule is C=C.C=Cc1[nH]c2c(C3=CC(O)(CCC)[C@H](C4CCCC/C=C\C4C)C4CN(CCCC)CC[C@@H]34)nccc2c1C=C. The summed E-state index contributed by atoms with van der Waals surface area (Å²) in [4.78, 5) is 11.3. The second-order valence-electron chi connectivity index (χ2n) is 12.8. The first-order chi connectivity index (χ1) is 20.5. The van der Waals surface area contributed by atoms with Gasteiger partial charge in [0.1, 0.15) is 0 Å². The zero-order valence-electron chi connectivity index (χ0n) is 26.6. The molecule has 0 radical (unpaired) electrons. The van der Waals surface area contributed by atoms with Gasteiger partial charge in [0, 0.05) is 29.4 Å². The van der Waals surface area contributed by atoms with Gasteiger partial charge in [-0.05, 0) is 105 Å². The Bertz CT molecular complexity index is 1270. The third kappa shape index (κ3) is 6.31. The number of aromatic amines is 1. The van der Waals surface area contributed by atoms with Crippen LogP contribution in [0.1, 0.15) is 95.5 Å². The maximum atomic E-state index is 12.8. The Balaban J connectivity index is 0.00000198. The Labute approximate surface area is 255 Å². The van der Waals surface area contributed by atoms with Crippen LogP contribution < -0.4 is 0 Å². The Hall–Kier alpha value is -2.69. The lowest BCUT2D eigenvalue weighted by Crippen LogP contribution is -2.56. The van der Waals surface area contributed by atoms with Crippen LogP contribution in [0, 0.1) is 29.6 Å². The minimum absolute atomic E-state index is 0.249. The van der Waals surface area contributed by atoms with Crippen molar-refractivity contribution in [3.05, 3.63) is 73.8 Å². The summed E-state index contributed by atoms with van der Waals surface area (Å²) in [5.74, 6) is 2.01. The van der Waals surface area contributed by atoms with Gasteiger partial charge in [-0.2, -0.15) is 0 Å². The molecule has 2 aromatic heterocycles. The standard InChI is InChI=1S/C36H51N3O.C2H4/c1-6-10-21-39-22-18-28-30(34-35-29(17-20-37-34)26(8-3)32(9-4)38-35)23-36(40,19-7-2)33(31(28)24-39)27-16-14-12-11-13-15-25(27)5;1-2/h8-9,13,15,17,20,23,25,27-28,31,33,38,40H,3-4,6-7,10-12,14,16,18-19,21-22,24H2,1-2,5H3;1-2H2/b15-13-;/t25?,27?,28-,31?,33+,36?;/m0./s1. The van der Waals surface area contributed by atoms with Gasteiger partial charge in [0.15, 0.2) is 0 Å². The second kappa shape index (κ2) is 14.7. The van der Waals surface area contributed by atoms with Crippen molar-refractivity contribution in [3.63, 3.8) is 0 Å². The molecule has 0 bridgehead atoms. The summed E-state index contributed by atoms with van der Waals surface area (Å²) in [6, 6.07) is 2.08. The van der Waals surface area contributed by atoms with E-state index in [0.29, 0.717) is 23.7 Å². The predicted octanol–water partition coefficient (Wildman–Crippen LogP) is 9.32. The molecule has 42 heavy (non-hydrogen) atoms. The molecule has 0 spiro atoms. The van der Waals surface area contributed by atoms with Crippen molar-refractivity contribution in [2.24, 2.45) is 29.6 Å². The van der Waals surface area contributed by atoms with Crippen LogP contribution in [0.5, 0.6) is 0 Å². The molecule has 2 aromatic rings. The topological polar surface area (TPSA) is 52.1 Å². The molecule has 2 aliphatic carbocycles. The summed E-state index contributed by atoms with van der Waals surface area (Å²) in [6.45, 7) is 24.4. The van der Waals surface area contributed by atoms with E-state index in [-0.39, 0.29) is 5.92 Å². The van der Waals surface area contributed by atoms with Crippen LogP contribution in [0.4, 0.5) is 0 Å². The number of piperidine rings is 1. The summed E-state index contributed by atoms with van der Waals surface area (Å²) < 4.78 is 0. The molecule has 5 rings (SSSR count). The van der Waals surface area contributed by atoms with Crippen LogP contribution in [0.2, 0.25) is 0 Å². The average Bonchev–Trinajstić information content (AvgIpc) is 3.38. The molecule has 4 nitrogen and oxygen atoms in total. The van der Waals surface area contributed by atoms with Crippen LogP contribution in [-0.4, -0.2) is 45.2 Å². The van der Waals surface area contributed by atoms with Crippen LogP contribution >= 0.6 is 0 Å². The van der Waals surface area contributed by atoms with Gasteiger partial charge in [0.05, 0.1) is 16.8 Å². The summed E-state index contributed by atoms with van der Waals surface area (Å²) in [5.41, 5.74) is 4.52. The maximum Gasteiger partial charge on any atom is 0.0903 e. The van der Waals surface area contributed by atoms with E-state index in [1.54, 1.807) is 0 Å². The zero-order valence-corrected chi connectivity index (χ0v) is 26.6. The summed E-state index contributed by atoms with van der Waals surface area (Å²) in [7, 11) is 0. The molecule has 2 N–H and O–H groups in total. The Morgan fingerprint density at radius 3 is 2.64 bits per heavy atom. The third-order valence-corrected chi connectivity index (χ3v) is 10.3. The Kier molecular flexibility index (Phi) is 11.3. The maximum absolute atomic E-state index is 12.8. The number of allylic oxidation sites excluding steroid dienone is 3. The van der Waals surface area contributed by atoms with Crippen molar-refractivity contribution in [3.8, 4) is 0 Å². The normalized spacial score (nSPS) is 30.7. The molecule has 1 saturated heterocycles. The molecule has 3 aliphatic rings. The average molecular weight is 570 g/mol. The highest BCUT2D eigenvalue weighted by Gasteiger charge is 2.53. The van der Waals surface area contributed by atoms with E-state index in [2.05, 4.69) is 81.3 Å². The fourth-order valence-corrected chi connectivity index (χ4v) is 8.43. The number of rotatable bonds is 9. The number of hydrogen-bond acceptors (Lipinski definition) is 3. The number of pyridine rings is 1. The van der Waals surface area contributed by atoms with Gasteiger partial charge in [0.2, 0.25) is 0 Å². The highest BCUT2D eigenvalue weighted by molar-refractivity contribution is 5.98. The number of nitrogens with one attached hydrogen (secondary N) is 1. The van der Waals surface area contributed by atoms with Crippen molar-refractivity contribution in [2.75, 3.05) is 19.6 Å². The molecule has 4 heteroatoms. The van der Waals surface area contributed by atoms with Gasteiger partial charge in [-0.25, -0.2) is 0 Å².